The highest BCUT2D eigenvalue weighted by Crippen LogP contribution is 2.23. The fourth-order valence-electron chi connectivity index (χ4n) is 1.84. The number of rotatable bonds is 2. The zero-order valence-corrected chi connectivity index (χ0v) is 10.3. The van der Waals surface area contributed by atoms with Crippen molar-refractivity contribution >= 4 is 29.1 Å². The molecule has 1 heterocycles. The van der Waals surface area contributed by atoms with E-state index in [9.17, 15) is 14.0 Å². The molecule has 0 aromatic heterocycles. The molecule has 1 fully saturated rings. The van der Waals surface area contributed by atoms with E-state index >= 15 is 0 Å². The third-order valence-electron chi connectivity index (χ3n) is 2.81. The molecule has 0 aliphatic carbocycles. The topological polar surface area (TPSA) is 58.2 Å². The van der Waals surface area contributed by atoms with Crippen molar-refractivity contribution in [1.29, 1.82) is 0 Å². The van der Waals surface area contributed by atoms with Crippen LogP contribution in [0.25, 0.3) is 0 Å². The maximum atomic E-state index is 13.6. The average molecular weight is 271 g/mol. The molecular formula is C12H12ClFN2O2. The molecule has 0 unspecified atom stereocenters. The Morgan fingerprint density at radius 2 is 2.28 bits per heavy atom. The van der Waals surface area contributed by atoms with Crippen LogP contribution in [-0.4, -0.2) is 18.4 Å². The number of anilines is 1. The second kappa shape index (κ2) is 5.35. The SMILES string of the molecule is O=C1NCCC[C@H]1C(=O)Nc1cccc(Cl)c1F. The summed E-state index contributed by atoms with van der Waals surface area (Å²) in [6, 6.07) is 4.32. The monoisotopic (exact) mass is 270 g/mol. The van der Waals surface area contributed by atoms with E-state index in [1.165, 1.54) is 18.2 Å². The van der Waals surface area contributed by atoms with Gasteiger partial charge in [-0.15, -0.1) is 0 Å². The first-order chi connectivity index (χ1) is 8.59. The van der Waals surface area contributed by atoms with Gasteiger partial charge in [0.15, 0.2) is 5.82 Å². The molecule has 2 amide bonds. The van der Waals surface area contributed by atoms with Gasteiger partial charge in [-0.05, 0) is 25.0 Å². The Hall–Kier alpha value is -1.62. The molecule has 6 heteroatoms. The number of hydrogen-bond acceptors (Lipinski definition) is 2. The summed E-state index contributed by atoms with van der Waals surface area (Å²) in [5, 5.41) is 4.93. The molecule has 96 valence electrons. The summed E-state index contributed by atoms with van der Waals surface area (Å²) in [6.07, 6.45) is 1.21. The molecule has 1 aliphatic heterocycles. The van der Waals surface area contributed by atoms with Gasteiger partial charge in [0.05, 0.1) is 10.7 Å². The second-order valence-corrected chi connectivity index (χ2v) is 4.48. The molecule has 0 saturated carbocycles. The van der Waals surface area contributed by atoms with E-state index in [2.05, 4.69) is 10.6 Å². The number of halogens is 2. The smallest absolute Gasteiger partial charge is 0.237 e. The van der Waals surface area contributed by atoms with E-state index in [1.807, 2.05) is 0 Å². The third kappa shape index (κ3) is 2.61. The highest BCUT2D eigenvalue weighted by molar-refractivity contribution is 6.31. The molecule has 2 rings (SSSR count). The van der Waals surface area contributed by atoms with Crippen molar-refractivity contribution in [2.45, 2.75) is 12.8 Å². The van der Waals surface area contributed by atoms with Crippen LogP contribution >= 0.6 is 11.6 Å². The van der Waals surface area contributed by atoms with Crippen molar-refractivity contribution < 1.29 is 14.0 Å². The van der Waals surface area contributed by atoms with Gasteiger partial charge in [-0.3, -0.25) is 9.59 Å². The van der Waals surface area contributed by atoms with Crippen LogP contribution in [0.15, 0.2) is 18.2 Å². The molecule has 0 spiro atoms. The van der Waals surface area contributed by atoms with Gasteiger partial charge in [0, 0.05) is 6.54 Å². The molecule has 4 nitrogen and oxygen atoms in total. The third-order valence-corrected chi connectivity index (χ3v) is 3.10. The maximum Gasteiger partial charge on any atom is 0.237 e. The summed E-state index contributed by atoms with van der Waals surface area (Å²) in [5.74, 6) is -2.28. The fraction of sp³-hybridized carbons (Fsp3) is 0.333. The Bertz CT molecular complexity index is 493. The molecule has 1 aromatic rings. The molecule has 1 atom stereocenters. The summed E-state index contributed by atoms with van der Waals surface area (Å²) in [7, 11) is 0. The number of carbonyl (C=O) groups excluding carboxylic acids is 2. The summed E-state index contributed by atoms with van der Waals surface area (Å²) in [6.45, 7) is 0.578. The lowest BCUT2D eigenvalue weighted by Crippen LogP contribution is -2.42. The molecule has 0 radical (unpaired) electrons. The molecule has 0 bridgehead atoms. The lowest BCUT2D eigenvalue weighted by atomic mass is 9.98. The van der Waals surface area contributed by atoms with Gasteiger partial charge in [0.1, 0.15) is 5.92 Å². The standard InChI is InChI=1S/C12H12ClFN2O2/c13-8-4-1-5-9(10(8)14)16-12(18)7-3-2-6-15-11(7)17/h1,4-5,7H,2-3,6H2,(H,15,17)(H,16,18)/t7-/m1/s1. The predicted octanol–water partition coefficient (Wildman–Crippen LogP) is 1.94. The highest BCUT2D eigenvalue weighted by Gasteiger charge is 2.29. The van der Waals surface area contributed by atoms with E-state index in [0.717, 1.165) is 6.42 Å². The van der Waals surface area contributed by atoms with Gasteiger partial charge in [-0.25, -0.2) is 4.39 Å². The lowest BCUT2D eigenvalue weighted by Gasteiger charge is -2.21. The first kappa shape index (κ1) is 12.8. The van der Waals surface area contributed by atoms with Gasteiger partial charge < -0.3 is 10.6 Å². The van der Waals surface area contributed by atoms with Crippen LogP contribution in [0.3, 0.4) is 0 Å². The Morgan fingerprint density at radius 1 is 1.50 bits per heavy atom. The molecule has 1 saturated heterocycles. The Balaban J connectivity index is 2.11. The van der Waals surface area contributed by atoms with E-state index in [4.69, 9.17) is 11.6 Å². The van der Waals surface area contributed by atoms with E-state index < -0.39 is 17.6 Å². The minimum Gasteiger partial charge on any atom is -0.355 e. The number of benzene rings is 1. The number of amides is 2. The van der Waals surface area contributed by atoms with Crippen LogP contribution in [0.1, 0.15) is 12.8 Å². The van der Waals surface area contributed by atoms with Crippen molar-refractivity contribution in [3.63, 3.8) is 0 Å². The normalized spacial score (nSPS) is 19.2. The summed E-state index contributed by atoms with van der Waals surface area (Å²) in [5.41, 5.74) is -0.00845. The average Bonchev–Trinajstić information content (AvgIpc) is 2.35. The van der Waals surface area contributed by atoms with Gasteiger partial charge in [-0.2, -0.15) is 0 Å². The van der Waals surface area contributed by atoms with Crippen LogP contribution < -0.4 is 10.6 Å². The zero-order chi connectivity index (χ0) is 13.1. The van der Waals surface area contributed by atoms with E-state index in [0.29, 0.717) is 13.0 Å². The van der Waals surface area contributed by atoms with Crippen molar-refractivity contribution in [1.82, 2.24) is 5.32 Å². The number of piperidine rings is 1. The Morgan fingerprint density at radius 3 is 3.00 bits per heavy atom. The van der Waals surface area contributed by atoms with Crippen LogP contribution in [0.5, 0.6) is 0 Å². The quantitative estimate of drug-likeness (QED) is 0.807. The summed E-state index contributed by atoms with van der Waals surface area (Å²) >= 11 is 5.61. The molecule has 18 heavy (non-hydrogen) atoms. The van der Waals surface area contributed by atoms with Gasteiger partial charge in [0.25, 0.3) is 0 Å². The molecule has 1 aliphatic rings. The van der Waals surface area contributed by atoms with Crippen molar-refractivity contribution in [2.24, 2.45) is 5.92 Å². The van der Waals surface area contributed by atoms with Crippen LogP contribution in [0.4, 0.5) is 10.1 Å². The summed E-state index contributed by atoms with van der Waals surface area (Å²) in [4.78, 5) is 23.3. The minimum atomic E-state index is -0.767. The molecule has 1 aromatic carbocycles. The molecule has 2 N–H and O–H groups in total. The summed E-state index contributed by atoms with van der Waals surface area (Å²) < 4.78 is 13.6. The highest BCUT2D eigenvalue weighted by atomic mass is 35.5. The van der Waals surface area contributed by atoms with Gasteiger partial charge in [-0.1, -0.05) is 17.7 Å². The van der Waals surface area contributed by atoms with E-state index in [-0.39, 0.29) is 16.6 Å². The number of carbonyl (C=O) groups is 2. The van der Waals surface area contributed by atoms with Crippen LogP contribution in [0, 0.1) is 11.7 Å². The van der Waals surface area contributed by atoms with Gasteiger partial charge >= 0.3 is 0 Å². The Labute approximate surface area is 109 Å². The predicted molar refractivity (Wildman–Crippen MR) is 65.8 cm³/mol. The number of hydrogen-bond donors (Lipinski definition) is 2. The minimum absolute atomic E-state index is 0.00845. The van der Waals surface area contributed by atoms with E-state index in [1.54, 1.807) is 0 Å². The lowest BCUT2D eigenvalue weighted by molar-refractivity contribution is -0.134. The van der Waals surface area contributed by atoms with Crippen LogP contribution in [-0.2, 0) is 9.59 Å². The molecular weight excluding hydrogens is 259 g/mol. The number of nitrogens with one attached hydrogen (secondary N) is 2. The second-order valence-electron chi connectivity index (χ2n) is 4.08. The van der Waals surface area contributed by atoms with Gasteiger partial charge in [0.2, 0.25) is 11.8 Å². The van der Waals surface area contributed by atoms with Crippen LogP contribution in [0.2, 0.25) is 5.02 Å². The van der Waals surface area contributed by atoms with Crippen molar-refractivity contribution in [3.8, 4) is 0 Å². The largest absolute Gasteiger partial charge is 0.355 e. The Kier molecular flexibility index (Phi) is 3.81. The zero-order valence-electron chi connectivity index (χ0n) is 9.50. The first-order valence-corrected chi connectivity index (χ1v) is 6.00. The van der Waals surface area contributed by atoms with Crippen molar-refractivity contribution in [3.05, 3.63) is 29.0 Å². The fourth-order valence-corrected chi connectivity index (χ4v) is 2.02. The maximum absolute atomic E-state index is 13.6. The first-order valence-electron chi connectivity index (χ1n) is 5.62. The van der Waals surface area contributed by atoms with Crippen molar-refractivity contribution in [2.75, 3.05) is 11.9 Å².